The number of hydrogen-bond acceptors (Lipinski definition) is 2. The van der Waals surface area contributed by atoms with E-state index in [1.807, 2.05) is 0 Å². The van der Waals surface area contributed by atoms with Gasteiger partial charge in [0.1, 0.15) is 0 Å². The third-order valence-corrected chi connectivity index (χ3v) is 22.5. The Balaban J connectivity index is 0.970. The molecule has 0 radical (unpaired) electrons. The minimum atomic E-state index is -0.306. The van der Waals surface area contributed by atoms with E-state index in [9.17, 15) is 0 Å². The molecule has 0 spiro atoms. The van der Waals surface area contributed by atoms with E-state index < -0.39 is 0 Å². The molecule has 0 saturated heterocycles. The number of para-hydroxylation sites is 2. The van der Waals surface area contributed by atoms with Crippen molar-refractivity contribution in [1.29, 1.82) is 0 Å². The first kappa shape index (κ1) is 62.5. The molecule has 18 aromatic carbocycles. The quantitative estimate of drug-likeness (QED) is 0.0892. The molecule has 502 valence electrons. The highest BCUT2D eigenvalue weighted by molar-refractivity contribution is 7.00. The monoisotopic (exact) mass is 1370 g/mol. The van der Waals surface area contributed by atoms with Crippen LogP contribution in [0.25, 0.3) is 149 Å². The van der Waals surface area contributed by atoms with Crippen molar-refractivity contribution in [3.05, 3.63) is 413 Å². The van der Waals surface area contributed by atoms with Crippen LogP contribution in [0.15, 0.2) is 413 Å². The van der Waals surface area contributed by atoms with E-state index in [-0.39, 0.29) is 6.71 Å². The van der Waals surface area contributed by atoms with Crippen LogP contribution >= 0.6 is 0 Å². The predicted octanol–water partition coefficient (Wildman–Crippen LogP) is 26.2. The SMILES string of the molecule is c1ccc(-c2ccc3c(c2)B2c4ccc(-c5c6ccccc6c(-c6ccccc6)c6ccccc56)cc4N(c4c(-c5ccccc5)cc(-c5ccccc5)cc4-c4ccccc4)c4cc(-n5c6ccccc6c6ccccc65)cc(c42)N3c2c(-c3ccccc3)cc(-c3ccccc3)cc2-c2ccccc2)cc1. The molecule has 2 aliphatic heterocycles. The number of fused-ring (bicyclic) bond motifs is 9. The van der Waals surface area contributed by atoms with Crippen LogP contribution < -0.4 is 26.2 Å². The average Bonchev–Trinajstić information content (AvgIpc) is 0.766. The predicted molar refractivity (Wildman–Crippen MR) is 459 cm³/mol. The molecule has 0 aliphatic carbocycles. The van der Waals surface area contributed by atoms with Crippen molar-refractivity contribution >= 4 is 101 Å². The van der Waals surface area contributed by atoms with E-state index in [0.29, 0.717) is 0 Å². The van der Waals surface area contributed by atoms with Crippen molar-refractivity contribution in [3.8, 4) is 106 Å². The van der Waals surface area contributed by atoms with Gasteiger partial charge >= 0.3 is 0 Å². The lowest BCUT2D eigenvalue weighted by molar-refractivity contribution is 1.16. The van der Waals surface area contributed by atoms with Crippen LogP contribution in [0.1, 0.15) is 0 Å². The molecule has 19 aromatic rings. The lowest BCUT2D eigenvalue weighted by Gasteiger charge is -2.46. The first-order chi connectivity index (χ1) is 53.6. The van der Waals surface area contributed by atoms with Gasteiger partial charge in [0.15, 0.2) is 0 Å². The third kappa shape index (κ3) is 10.3. The van der Waals surface area contributed by atoms with Crippen molar-refractivity contribution in [2.24, 2.45) is 0 Å². The van der Waals surface area contributed by atoms with Crippen LogP contribution in [-0.2, 0) is 0 Å². The van der Waals surface area contributed by atoms with Gasteiger partial charge in [0.2, 0.25) is 0 Å². The van der Waals surface area contributed by atoms with Gasteiger partial charge in [-0.2, -0.15) is 0 Å². The summed E-state index contributed by atoms with van der Waals surface area (Å²) in [7, 11) is 0. The highest BCUT2D eigenvalue weighted by Crippen LogP contribution is 2.56. The highest BCUT2D eigenvalue weighted by Gasteiger charge is 2.46. The topological polar surface area (TPSA) is 11.4 Å². The zero-order chi connectivity index (χ0) is 71.2. The summed E-state index contributed by atoms with van der Waals surface area (Å²) in [6, 6.07) is 154. The van der Waals surface area contributed by atoms with Gasteiger partial charge in [-0.1, -0.05) is 352 Å². The Bertz CT molecular complexity index is 6470. The van der Waals surface area contributed by atoms with Crippen LogP contribution in [0.2, 0.25) is 0 Å². The number of benzene rings is 18. The molecule has 0 saturated carbocycles. The van der Waals surface area contributed by atoms with Gasteiger partial charge < -0.3 is 14.4 Å². The second kappa shape index (κ2) is 26.0. The number of nitrogens with zero attached hydrogens (tertiary/aromatic N) is 3. The molecule has 4 heteroatoms. The number of aromatic nitrogens is 1. The molecule has 0 unspecified atom stereocenters. The zero-order valence-electron chi connectivity index (χ0n) is 59.2. The normalized spacial score (nSPS) is 12.2. The van der Waals surface area contributed by atoms with E-state index in [1.165, 1.54) is 65.4 Å². The van der Waals surface area contributed by atoms with E-state index >= 15 is 0 Å². The van der Waals surface area contributed by atoms with Crippen LogP contribution in [0.4, 0.5) is 34.1 Å². The lowest BCUT2D eigenvalue weighted by Crippen LogP contribution is -2.61. The molecule has 0 bridgehead atoms. The second-order valence-corrected chi connectivity index (χ2v) is 28.5. The molecule has 3 nitrogen and oxygen atoms in total. The molecular weight excluding hydrogens is 1300 g/mol. The van der Waals surface area contributed by atoms with E-state index in [1.54, 1.807) is 0 Å². The van der Waals surface area contributed by atoms with Crippen molar-refractivity contribution in [2.75, 3.05) is 9.80 Å². The first-order valence-corrected chi connectivity index (χ1v) is 37.4. The molecule has 2 aliphatic rings. The Morgan fingerprint density at radius 1 is 0.185 bits per heavy atom. The summed E-state index contributed by atoms with van der Waals surface area (Å²) in [6.07, 6.45) is 0. The van der Waals surface area contributed by atoms with E-state index in [2.05, 4.69) is 427 Å². The Morgan fingerprint density at radius 2 is 0.500 bits per heavy atom. The molecule has 0 amide bonds. The summed E-state index contributed by atoms with van der Waals surface area (Å²) in [5, 5.41) is 7.21. The van der Waals surface area contributed by atoms with Crippen molar-refractivity contribution < 1.29 is 0 Å². The third-order valence-electron chi connectivity index (χ3n) is 22.5. The first-order valence-electron chi connectivity index (χ1n) is 37.4. The van der Waals surface area contributed by atoms with Crippen LogP contribution in [0.5, 0.6) is 0 Å². The Kier molecular flexibility index (Phi) is 15.0. The summed E-state index contributed by atoms with van der Waals surface area (Å²) in [4.78, 5) is 5.42. The van der Waals surface area contributed by atoms with Crippen molar-refractivity contribution in [2.45, 2.75) is 0 Å². The van der Waals surface area contributed by atoms with Gasteiger partial charge in [0.25, 0.3) is 6.71 Å². The summed E-state index contributed by atoms with van der Waals surface area (Å²) in [5.74, 6) is 0. The molecular formula is C104H68BN3. The molecule has 108 heavy (non-hydrogen) atoms. The Morgan fingerprint density at radius 3 is 0.898 bits per heavy atom. The van der Waals surface area contributed by atoms with Crippen molar-refractivity contribution in [3.63, 3.8) is 0 Å². The van der Waals surface area contributed by atoms with Gasteiger partial charge in [-0.3, -0.25) is 0 Å². The molecule has 0 fully saturated rings. The Hall–Kier alpha value is -14.1. The van der Waals surface area contributed by atoms with Crippen LogP contribution in [0, 0.1) is 0 Å². The summed E-state index contributed by atoms with van der Waals surface area (Å²) >= 11 is 0. The zero-order valence-corrected chi connectivity index (χ0v) is 59.2. The Labute approximate surface area is 629 Å². The highest BCUT2D eigenvalue weighted by atomic mass is 15.2. The minimum Gasteiger partial charge on any atom is -0.310 e. The van der Waals surface area contributed by atoms with Crippen LogP contribution in [0.3, 0.4) is 0 Å². The molecule has 3 heterocycles. The maximum atomic E-state index is 2.73. The summed E-state index contributed by atoms with van der Waals surface area (Å²) < 4.78 is 2.54. The minimum absolute atomic E-state index is 0.306. The van der Waals surface area contributed by atoms with Gasteiger partial charge in [0, 0.05) is 55.8 Å². The van der Waals surface area contributed by atoms with Gasteiger partial charge in [-0.15, -0.1) is 0 Å². The number of hydrogen-bond donors (Lipinski definition) is 0. The standard InChI is InChI=1S/C104H68BN3/c1-9-33-69(34-10-1)77-58-60-96-93(65-77)105-92-59-57-78(101-86-53-27-25-51-84(86)100(76-47-23-8-24-48-76)85-52-26-28-54-87(85)101)66-97(92)108(104-90(74-43-19-6-20-44-74)63-80(71-37-13-3-14-38-71)64-91(104)75-45-21-7-22-46-75)99-68-81(106-94-55-31-29-49-82(94)83-50-30-32-56-95(83)106)67-98(102(99)105)107(96)103-88(72-39-15-4-16-40-72)61-79(70-35-11-2-12-36-70)62-89(103)73-41-17-5-18-42-73/h1-68H. The molecule has 0 N–H and O–H groups in total. The fraction of sp³-hybridized carbons (Fsp3) is 0. The van der Waals surface area contributed by atoms with Gasteiger partial charge in [0.05, 0.1) is 28.1 Å². The summed E-state index contributed by atoms with van der Waals surface area (Å²) in [5.41, 5.74) is 34.0. The van der Waals surface area contributed by atoms with E-state index in [0.717, 1.165) is 134 Å². The number of anilines is 6. The maximum Gasteiger partial charge on any atom is 0.252 e. The average molecular weight is 1370 g/mol. The van der Waals surface area contributed by atoms with E-state index in [4.69, 9.17) is 0 Å². The fourth-order valence-corrected chi connectivity index (χ4v) is 17.8. The largest absolute Gasteiger partial charge is 0.310 e. The van der Waals surface area contributed by atoms with Gasteiger partial charge in [-0.25, -0.2) is 0 Å². The second-order valence-electron chi connectivity index (χ2n) is 28.5. The van der Waals surface area contributed by atoms with Gasteiger partial charge in [-0.05, 0) is 176 Å². The molecule has 0 atom stereocenters. The molecule has 21 rings (SSSR count). The lowest BCUT2D eigenvalue weighted by atomic mass is 9.33. The number of rotatable bonds is 12. The fourth-order valence-electron chi connectivity index (χ4n) is 17.8. The van der Waals surface area contributed by atoms with Crippen LogP contribution in [-0.4, -0.2) is 11.3 Å². The smallest absolute Gasteiger partial charge is 0.252 e. The maximum absolute atomic E-state index is 2.73. The van der Waals surface area contributed by atoms with Crippen molar-refractivity contribution in [1.82, 2.24) is 4.57 Å². The molecule has 1 aromatic heterocycles. The summed E-state index contributed by atoms with van der Waals surface area (Å²) in [6.45, 7) is -0.306.